The van der Waals surface area contributed by atoms with Crippen LogP contribution in [-0.4, -0.2) is 46.7 Å². The average molecular weight is 398 g/mol. The van der Waals surface area contributed by atoms with E-state index in [4.69, 9.17) is 4.74 Å². The Bertz CT molecular complexity index is 853. The first kappa shape index (κ1) is 19.0. The fourth-order valence-corrected chi connectivity index (χ4v) is 4.28. The van der Waals surface area contributed by atoms with Gasteiger partial charge in [0, 0.05) is 31.6 Å². The van der Waals surface area contributed by atoms with Crippen LogP contribution in [-0.2, 0) is 27.3 Å². The van der Waals surface area contributed by atoms with E-state index in [0.717, 1.165) is 42.1 Å². The Morgan fingerprint density at radius 1 is 1.25 bits per heavy atom. The number of hydrogen-bond donors (Lipinski definition) is 1. The van der Waals surface area contributed by atoms with Crippen LogP contribution in [0.4, 0.5) is 5.69 Å². The van der Waals surface area contributed by atoms with Gasteiger partial charge in [-0.15, -0.1) is 0 Å². The number of hydrogen-bond acceptors (Lipinski definition) is 5. The van der Waals surface area contributed by atoms with Crippen molar-refractivity contribution in [2.24, 2.45) is 0 Å². The molecule has 0 radical (unpaired) electrons. The van der Waals surface area contributed by atoms with E-state index in [0.29, 0.717) is 18.9 Å². The van der Waals surface area contributed by atoms with Gasteiger partial charge < -0.3 is 15.0 Å². The lowest BCUT2D eigenvalue weighted by molar-refractivity contribution is -0.129. The van der Waals surface area contributed by atoms with Crippen molar-refractivity contribution >= 4 is 29.3 Å². The van der Waals surface area contributed by atoms with Crippen molar-refractivity contribution in [3.8, 4) is 0 Å². The summed E-state index contributed by atoms with van der Waals surface area (Å²) in [5.41, 5.74) is 3.08. The van der Waals surface area contributed by atoms with Crippen molar-refractivity contribution < 1.29 is 14.3 Å². The molecule has 1 saturated heterocycles. The topological polar surface area (TPSA) is 71.5 Å². The van der Waals surface area contributed by atoms with Crippen LogP contribution in [0, 0.1) is 0 Å². The minimum Gasteiger partial charge on any atom is -0.368 e. The number of carbonyl (C=O) groups excluding carboxylic acids is 2. The second-order valence-corrected chi connectivity index (χ2v) is 7.99. The van der Waals surface area contributed by atoms with Crippen LogP contribution in [0.3, 0.4) is 0 Å². The number of nitrogens with one attached hydrogen (secondary N) is 1. The molecule has 7 heteroatoms. The van der Waals surface area contributed by atoms with E-state index in [9.17, 15) is 9.59 Å². The van der Waals surface area contributed by atoms with Crippen molar-refractivity contribution in [1.29, 1.82) is 0 Å². The van der Waals surface area contributed by atoms with E-state index >= 15 is 0 Å². The second-order valence-electron chi connectivity index (χ2n) is 7.00. The molecule has 2 aromatic rings. The number of carbonyl (C=O) groups is 2. The molecule has 146 valence electrons. The highest BCUT2D eigenvalue weighted by molar-refractivity contribution is 7.99. The highest BCUT2D eigenvalue weighted by atomic mass is 32.2. The number of benzene rings is 1. The summed E-state index contributed by atoms with van der Waals surface area (Å²) in [6, 6.07) is 11.6. The van der Waals surface area contributed by atoms with Crippen molar-refractivity contribution in [1.82, 2.24) is 9.88 Å². The van der Waals surface area contributed by atoms with Gasteiger partial charge >= 0.3 is 0 Å². The van der Waals surface area contributed by atoms with Gasteiger partial charge in [-0.3, -0.25) is 9.59 Å². The van der Waals surface area contributed by atoms with Gasteiger partial charge in [-0.2, -0.15) is 0 Å². The maximum Gasteiger partial charge on any atom is 0.253 e. The molecule has 1 aromatic carbocycles. The van der Waals surface area contributed by atoms with Gasteiger partial charge in [-0.25, -0.2) is 4.98 Å². The number of ether oxygens (including phenoxy) is 1. The Kier molecular flexibility index (Phi) is 5.92. The molecule has 0 bridgehead atoms. The summed E-state index contributed by atoms with van der Waals surface area (Å²) in [4.78, 5) is 31.0. The van der Waals surface area contributed by atoms with Crippen molar-refractivity contribution in [3.63, 3.8) is 0 Å². The lowest BCUT2D eigenvalue weighted by atomic mass is 9.99. The third-order valence-corrected chi connectivity index (χ3v) is 5.97. The SMILES string of the molecule is O=C(Nc1ccc2c(c1)CN(C(=O)CSc1ccccn1)CC2)C1CCCO1. The fourth-order valence-electron chi connectivity index (χ4n) is 3.51. The Labute approximate surface area is 168 Å². The molecule has 6 nitrogen and oxygen atoms in total. The number of nitrogens with zero attached hydrogens (tertiary/aromatic N) is 2. The van der Waals surface area contributed by atoms with E-state index in [1.165, 1.54) is 17.3 Å². The number of thioether (sulfide) groups is 1. The second kappa shape index (κ2) is 8.75. The molecule has 0 aliphatic carbocycles. The Balaban J connectivity index is 1.36. The van der Waals surface area contributed by atoms with Gasteiger partial charge in [0.1, 0.15) is 6.10 Å². The maximum absolute atomic E-state index is 12.6. The van der Waals surface area contributed by atoms with Crippen LogP contribution in [0.2, 0.25) is 0 Å². The molecule has 0 spiro atoms. The minimum atomic E-state index is -0.349. The smallest absolute Gasteiger partial charge is 0.253 e. The molecule has 0 saturated carbocycles. The van der Waals surface area contributed by atoms with Crippen LogP contribution in [0.15, 0.2) is 47.6 Å². The van der Waals surface area contributed by atoms with E-state index in [1.54, 1.807) is 6.20 Å². The van der Waals surface area contributed by atoms with Gasteiger partial charge in [0.05, 0.1) is 10.8 Å². The van der Waals surface area contributed by atoms with Crippen LogP contribution in [0.1, 0.15) is 24.0 Å². The van der Waals surface area contributed by atoms with E-state index in [2.05, 4.69) is 10.3 Å². The summed E-state index contributed by atoms with van der Waals surface area (Å²) < 4.78 is 5.44. The van der Waals surface area contributed by atoms with Crippen LogP contribution < -0.4 is 5.32 Å². The van der Waals surface area contributed by atoms with Gasteiger partial charge in [0.2, 0.25) is 5.91 Å². The van der Waals surface area contributed by atoms with Crippen LogP contribution >= 0.6 is 11.8 Å². The summed E-state index contributed by atoms with van der Waals surface area (Å²) in [5, 5.41) is 3.80. The first-order valence-corrected chi connectivity index (χ1v) is 10.5. The number of fused-ring (bicyclic) bond motifs is 1. The standard InChI is InChI=1S/C21H23N3O3S/c25-20(14-28-19-5-1-2-9-22-19)24-10-8-15-6-7-17(12-16(15)13-24)23-21(26)18-4-3-11-27-18/h1-2,5-7,9,12,18H,3-4,8,10-11,13-14H2,(H,23,26). The number of rotatable bonds is 5. The Hall–Kier alpha value is -2.38. The van der Waals surface area contributed by atoms with Gasteiger partial charge in [-0.05, 0) is 54.7 Å². The monoisotopic (exact) mass is 397 g/mol. The molecular weight excluding hydrogens is 374 g/mol. The van der Waals surface area contributed by atoms with Gasteiger partial charge in [-0.1, -0.05) is 23.9 Å². The zero-order chi connectivity index (χ0) is 19.3. The lowest BCUT2D eigenvalue weighted by Crippen LogP contribution is -2.37. The summed E-state index contributed by atoms with van der Waals surface area (Å²) in [5.74, 6) is 0.393. The third-order valence-electron chi connectivity index (χ3n) is 5.04. The predicted octanol–water partition coefficient (Wildman–Crippen LogP) is 2.88. The zero-order valence-corrected chi connectivity index (χ0v) is 16.4. The van der Waals surface area contributed by atoms with Crippen LogP contribution in [0.25, 0.3) is 0 Å². The Morgan fingerprint density at radius 3 is 2.96 bits per heavy atom. The molecule has 1 unspecified atom stereocenters. The van der Waals surface area contributed by atoms with Gasteiger partial charge in [0.15, 0.2) is 0 Å². The van der Waals surface area contributed by atoms with E-state index in [-0.39, 0.29) is 17.9 Å². The molecule has 1 aromatic heterocycles. The summed E-state index contributed by atoms with van der Waals surface area (Å²) in [6.45, 7) is 1.94. The first-order valence-electron chi connectivity index (χ1n) is 9.55. The van der Waals surface area contributed by atoms with Crippen LogP contribution in [0.5, 0.6) is 0 Å². The number of amides is 2. The van der Waals surface area contributed by atoms with E-state index < -0.39 is 0 Å². The Morgan fingerprint density at radius 2 is 2.18 bits per heavy atom. The lowest BCUT2D eigenvalue weighted by Gasteiger charge is -2.29. The fraction of sp³-hybridized carbons (Fsp3) is 0.381. The van der Waals surface area contributed by atoms with E-state index in [1.807, 2.05) is 41.3 Å². The quantitative estimate of drug-likeness (QED) is 0.786. The third kappa shape index (κ3) is 4.54. The molecule has 2 amide bonds. The summed E-state index contributed by atoms with van der Waals surface area (Å²) in [7, 11) is 0. The number of pyridine rings is 1. The van der Waals surface area contributed by atoms with Gasteiger partial charge in [0.25, 0.3) is 5.91 Å². The molecule has 3 heterocycles. The largest absolute Gasteiger partial charge is 0.368 e. The summed E-state index contributed by atoms with van der Waals surface area (Å²) >= 11 is 1.46. The van der Waals surface area contributed by atoms with Crippen molar-refractivity contribution in [2.45, 2.75) is 36.9 Å². The normalized spacial score (nSPS) is 18.6. The highest BCUT2D eigenvalue weighted by Gasteiger charge is 2.25. The molecule has 4 rings (SSSR count). The zero-order valence-electron chi connectivity index (χ0n) is 15.6. The summed E-state index contributed by atoms with van der Waals surface area (Å²) in [6.07, 6.45) is 3.91. The first-order chi connectivity index (χ1) is 13.7. The minimum absolute atomic E-state index is 0.0899. The average Bonchev–Trinajstić information content (AvgIpc) is 3.27. The molecule has 2 aliphatic heterocycles. The molecule has 1 fully saturated rings. The molecule has 28 heavy (non-hydrogen) atoms. The number of anilines is 1. The predicted molar refractivity (Wildman–Crippen MR) is 108 cm³/mol. The maximum atomic E-state index is 12.6. The van der Waals surface area contributed by atoms with Crippen molar-refractivity contribution in [3.05, 3.63) is 53.7 Å². The highest BCUT2D eigenvalue weighted by Crippen LogP contribution is 2.25. The molecule has 1 atom stereocenters. The number of aromatic nitrogens is 1. The van der Waals surface area contributed by atoms with Crippen molar-refractivity contribution in [2.75, 3.05) is 24.2 Å². The molecule has 1 N–H and O–H groups in total. The molecule has 2 aliphatic rings. The molecular formula is C21H23N3O3S.